The summed E-state index contributed by atoms with van der Waals surface area (Å²) in [6.07, 6.45) is 2.50. The average molecular weight is 278 g/mol. The van der Waals surface area contributed by atoms with Gasteiger partial charge in [0.15, 0.2) is 0 Å². The highest BCUT2D eigenvalue weighted by Gasteiger charge is 2.35. The minimum atomic E-state index is 0.560. The van der Waals surface area contributed by atoms with E-state index < -0.39 is 0 Å². The van der Waals surface area contributed by atoms with Gasteiger partial charge < -0.3 is 9.15 Å². The van der Waals surface area contributed by atoms with Gasteiger partial charge in [-0.25, -0.2) is 0 Å². The number of furan rings is 1. The summed E-state index contributed by atoms with van der Waals surface area (Å²) in [5.74, 6) is 2.08. The topological polar surface area (TPSA) is 28.9 Å². The van der Waals surface area contributed by atoms with Crippen molar-refractivity contribution in [2.45, 2.75) is 45.3 Å². The first-order chi connectivity index (χ1) is 9.76. The molecule has 2 saturated heterocycles. The van der Waals surface area contributed by atoms with Gasteiger partial charge in [-0.1, -0.05) is 13.3 Å². The second kappa shape index (κ2) is 6.29. The van der Waals surface area contributed by atoms with Gasteiger partial charge in [-0.2, -0.15) is 0 Å². The van der Waals surface area contributed by atoms with Crippen LogP contribution < -0.4 is 0 Å². The Labute approximate surface area is 121 Å². The number of hydrogen-bond acceptors (Lipinski definition) is 4. The van der Waals surface area contributed by atoms with E-state index in [2.05, 4.69) is 22.8 Å². The molecule has 0 radical (unpaired) electrons. The SMILES string of the molecule is CCC[C@H]1COC[C@H]2CN(Cc3ccc(C)o3)CCN12. The maximum absolute atomic E-state index is 5.82. The molecule has 0 N–H and O–H groups in total. The molecule has 0 unspecified atom stereocenters. The Morgan fingerprint density at radius 2 is 2.15 bits per heavy atom. The van der Waals surface area contributed by atoms with Crippen LogP contribution in [0.15, 0.2) is 16.5 Å². The van der Waals surface area contributed by atoms with Gasteiger partial charge >= 0.3 is 0 Å². The van der Waals surface area contributed by atoms with Gasteiger partial charge in [0.1, 0.15) is 11.5 Å². The van der Waals surface area contributed by atoms with Crippen LogP contribution in [0.1, 0.15) is 31.3 Å². The molecule has 3 heterocycles. The van der Waals surface area contributed by atoms with Gasteiger partial charge in [0, 0.05) is 31.7 Å². The summed E-state index contributed by atoms with van der Waals surface area (Å²) in [5, 5.41) is 0. The molecule has 0 saturated carbocycles. The van der Waals surface area contributed by atoms with E-state index >= 15 is 0 Å². The number of hydrogen-bond donors (Lipinski definition) is 0. The highest BCUT2D eigenvalue weighted by atomic mass is 16.5. The molecule has 0 amide bonds. The summed E-state index contributed by atoms with van der Waals surface area (Å²) < 4.78 is 11.5. The van der Waals surface area contributed by atoms with Crippen LogP contribution in [0.25, 0.3) is 0 Å². The summed E-state index contributed by atoms with van der Waals surface area (Å²) in [7, 11) is 0. The summed E-state index contributed by atoms with van der Waals surface area (Å²) >= 11 is 0. The van der Waals surface area contributed by atoms with Crippen LogP contribution in [0.2, 0.25) is 0 Å². The van der Waals surface area contributed by atoms with Gasteiger partial charge in [0.05, 0.1) is 19.8 Å². The number of rotatable bonds is 4. The van der Waals surface area contributed by atoms with Gasteiger partial charge in [0.2, 0.25) is 0 Å². The van der Waals surface area contributed by atoms with Crippen molar-refractivity contribution >= 4 is 0 Å². The van der Waals surface area contributed by atoms with Crippen molar-refractivity contribution in [3.05, 3.63) is 23.7 Å². The Hall–Kier alpha value is -0.840. The highest BCUT2D eigenvalue weighted by molar-refractivity contribution is 5.05. The van der Waals surface area contributed by atoms with Gasteiger partial charge in [-0.05, 0) is 25.5 Å². The molecule has 112 valence electrons. The predicted molar refractivity (Wildman–Crippen MR) is 78.7 cm³/mol. The quantitative estimate of drug-likeness (QED) is 0.845. The Balaban J connectivity index is 1.58. The molecule has 4 heteroatoms. The zero-order valence-corrected chi connectivity index (χ0v) is 12.7. The summed E-state index contributed by atoms with van der Waals surface area (Å²) in [5.41, 5.74) is 0. The second-order valence-electron chi connectivity index (χ2n) is 6.12. The summed E-state index contributed by atoms with van der Waals surface area (Å²) in [6.45, 7) is 10.4. The van der Waals surface area contributed by atoms with E-state index in [9.17, 15) is 0 Å². The minimum Gasteiger partial charge on any atom is -0.465 e. The smallest absolute Gasteiger partial charge is 0.118 e. The fourth-order valence-electron chi connectivity index (χ4n) is 3.52. The Kier molecular flexibility index (Phi) is 4.44. The second-order valence-corrected chi connectivity index (χ2v) is 6.12. The van der Waals surface area contributed by atoms with E-state index in [0.717, 1.165) is 44.4 Å². The van der Waals surface area contributed by atoms with Crippen LogP contribution in [0, 0.1) is 6.92 Å². The molecule has 20 heavy (non-hydrogen) atoms. The van der Waals surface area contributed by atoms with Crippen LogP contribution in [0.4, 0.5) is 0 Å². The zero-order chi connectivity index (χ0) is 13.9. The summed E-state index contributed by atoms with van der Waals surface area (Å²) in [6, 6.07) is 5.34. The number of fused-ring (bicyclic) bond motifs is 1. The van der Waals surface area contributed by atoms with E-state index in [-0.39, 0.29) is 0 Å². The van der Waals surface area contributed by atoms with Crippen molar-refractivity contribution < 1.29 is 9.15 Å². The van der Waals surface area contributed by atoms with Gasteiger partial charge in [-0.15, -0.1) is 0 Å². The first kappa shape index (κ1) is 14.1. The lowest BCUT2D eigenvalue weighted by Gasteiger charge is -2.48. The van der Waals surface area contributed by atoms with E-state index in [4.69, 9.17) is 9.15 Å². The average Bonchev–Trinajstić information content (AvgIpc) is 2.84. The van der Waals surface area contributed by atoms with Crippen molar-refractivity contribution in [2.24, 2.45) is 0 Å². The molecule has 0 aliphatic carbocycles. The molecule has 2 atom stereocenters. The third-order valence-corrected chi connectivity index (χ3v) is 4.50. The maximum Gasteiger partial charge on any atom is 0.118 e. The highest BCUT2D eigenvalue weighted by Crippen LogP contribution is 2.22. The summed E-state index contributed by atoms with van der Waals surface area (Å²) in [4.78, 5) is 5.17. The third kappa shape index (κ3) is 3.08. The standard InChI is InChI=1S/C16H26N2O2/c1-3-4-14-11-19-12-15-9-17(7-8-18(14)15)10-16-6-5-13(2)20-16/h5-6,14-15H,3-4,7-12H2,1-2H3/t14-,15+/m0/s1. The molecule has 1 aromatic rings. The fourth-order valence-corrected chi connectivity index (χ4v) is 3.52. The molecule has 2 aliphatic heterocycles. The fraction of sp³-hybridized carbons (Fsp3) is 0.750. The van der Waals surface area contributed by atoms with Crippen molar-refractivity contribution in [3.8, 4) is 0 Å². The zero-order valence-electron chi connectivity index (χ0n) is 12.7. The first-order valence-electron chi connectivity index (χ1n) is 7.87. The number of nitrogens with zero attached hydrogens (tertiary/aromatic N) is 2. The van der Waals surface area contributed by atoms with Crippen LogP contribution in [0.5, 0.6) is 0 Å². The lowest BCUT2D eigenvalue weighted by atomic mass is 10.0. The molecule has 1 aromatic heterocycles. The molecular formula is C16H26N2O2. The van der Waals surface area contributed by atoms with Crippen molar-refractivity contribution in [1.29, 1.82) is 0 Å². The van der Waals surface area contributed by atoms with Crippen LogP contribution in [-0.4, -0.2) is 54.7 Å². The first-order valence-corrected chi connectivity index (χ1v) is 7.87. The minimum absolute atomic E-state index is 0.560. The molecule has 0 spiro atoms. The van der Waals surface area contributed by atoms with Crippen LogP contribution >= 0.6 is 0 Å². The lowest BCUT2D eigenvalue weighted by molar-refractivity contribution is -0.0847. The molecule has 0 aromatic carbocycles. The normalized spacial score (nSPS) is 28.5. The largest absolute Gasteiger partial charge is 0.465 e. The number of morpholine rings is 1. The van der Waals surface area contributed by atoms with Crippen molar-refractivity contribution in [3.63, 3.8) is 0 Å². The van der Waals surface area contributed by atoms with Gasteiger partial charge in [-0.3, -0.25) is 9.80 Å². The Morgan fingerprint density at radius 1 is 1.25 bits per heavy atom. The van der Waals surface area contributed by atoms with E-state index in [1.54, 1.807) is 0 Å². The molecule has 2 aliphatic rings. The maximum atomic E-state index is 5.82. The molecule has 2 fully saturated rings. The van der Waals surface area contributed by atoms with E-state index in [0.29, 0.717) is 12.1 Å². The monoisotopic (exact) mass is 278 g/mol. The van der Waals surface area contributed by atoms with Crippen LogP contribution in [0.3, 0.4) is 0 Å². The number of aryl methyl sites for hydroxylation is 1. The number of ether oxygens (including phenoxy) is 1. The predicted octanol–water partition coefficient (Wildman–Crippen LogP) is 2.27. The third-order valence-electron chi connectivity index (χ3n) is 4.50. The van der Waals surface area contributed by atoms with Crippen molar-refractivity contribution in [2.75, 3.05) is 32.8 Å². The number of piperazine rings is 1. The Morgan fingerprint density at radius 3 is 2.90 bits per heavy atom. The molecular weight excluding hydrogens is 252 g/mol. The van der Waals surface area contributed by atoms with Gasteiger partial charge in [0.25, 0.3) is 0 Å². The molecule has 3 rings (SSSR count). The lowest BCUT2D eigenvalue weighted by Crippen LogP contribution is -2.61. The van der Waals surface area contributed by atoms with E-state index in [1.165, 1.54) is 19.4 Å². The molecule has 4 nitrogen and oxygen atoms in total. The molecule has 0 bridgehead atoms. The van der Waals surface area contributed by atoms with E-state index in [1.807, 2.05) is 13.0 Å². The van der Waals surface area contributed by atoms with Crippen molar-refractivity contribution in [1.82, 2.24) is 9.80 Å². The van der Waals surface area contributed by atoms with Crippen LogP contribution in [-0.2, 0) is 11.3 Å². The Bertz CT molecular complexity index is 430.